The molecule has 1 unspecified atom stereocenters. The Morgan fingerprint density at radius 1 is 0.650 bits per heavy atom. The maximum Gasteiger partial charge on any atom is 0.303 e. The van der Waals surface area contributed by atoms with Crippen molar-refractivity contribution in [2.75, 3.05) is 20.3 Å². The summed E-state index contributed by atoms with van der Waals surface area (Å²) >= 11 is 0. The van der Waals surface area contributed by atoms with E-state index in [1.54, 1.807) is 60.7 Å². The highest BCUT2D eigenvalue weighted by Crippen LogP contribution is 2.42. The highest BCUT2D eigenvalue weighted by molar-refractivity contribution is 6.21. The Bertz CT molecular complexity index is 2040. The van der Waals surface area contributed by atoms with Crippen LogP contribution in [0.2, 0.25) is 0 Å². The number of esters is 4. The van der Waals surface area contributed by atoms with Crippen LogP contribution < -0.4 is 9.47 Å². The van der Waals surface area contributed by atoms with E-state index in [1.165, 1.54) is 19.2 Å². The van der Waals surface area contributed by atoms with Gasteiger partial charge in [-0.05, 0) is 36.4 Å². The summed E-state index contributed by atoms with van der Waals surface area (Å²) in [4.78, 5) is 79.7. The highest BCUT2D eigenvalue weighted by atomic mass is 16.8. The number of hydrogen-bond acceptors (Lipinski definition) is 17. The van der Waals surface area contributed by atoms with E-state index in [0.29, 0.717) is 11.3 Å². The Morgan fingerprint density at radius 2 is 1.23 bits per heavy atom. The van der Waals surface area contributed by atoms with Crippen molar-refractivity contribution in [1.82, 2.24) is 4.90 Å². The number of amides is 2. The normalized spacial score (nSPS) is 29.7. The van der Waals surface area contributed by atoms with Gasteiger partial charge in [-0.15, -0.1) is 0 Å². The van der Waals surface area contributed by atoms with Crippen LogP contribution in [0.3, 0.4) is 0 Å². The molecule has 4 aliphatic heterocycles. The van der Waals surface area contributed by atoms with E-state index in [9.17, 15) is 28.8 Å². The lowest BCUT2D eigenvalue weighted by molar-refractivity contribution is -0.376. The molecule has 60 heavy (non-hydrogen) atoms. The van der Waals surface area contributed by atoms with Crippen molar-refractivity contribution < 1.29 is 80.9 Å². The van der Waals surface area contributed by atoms with E-state index in [4.69, 9.17) is 52.1 Å². The average molecular weight is 834 g/mol. The number of methoxy groups -OCH3 is 1. The minimum atomic E-state index is -1.75. The topological polar surface area (TPSA) is 207 Å². The Balaban J connectivity index is 1.36. The second-order valence-electron chi connectivity index (χ2n) is 14.2. The molecule has 11 atom stereocenters. The van der Waals surface area contributed by atoms with Gasteiger partial charge in [-0.3, -0.25) is 33.7 Å². The molecule has 18 nitrogen and oxygen atoms in total. The molecule has 7 rings (SSSR count). The third-order valence-corrected chi connectivity index (χ3v) is 10.1. The van der Waals surface area contributed by atoms with Gasteiger partial charge in [-0.2, -0.15) is 0 Å². The Labute approximate surface area is 343 Å². The van der Waals surface area contributed by atoms with Crippen LogP contribution in [0.15, 0.2) is 78.9 Å². The number of nitrogens with zero attached hydrogens (tertiary/aromatic N) is 1. The third-order valence-electron chi connectivity index (χ3n) is 10.1. The molecule has 0 radical (unpaired) electrons. The molecule has 4 aliphatic rings. The number of benzene rings is 3. The summed E-state index contributed by atoms with van der Waals surface area (Å²) in [6.45, 7) is 3.78. The largest absolute Gasteiger partial charge is 0.497 e. The van der Waals surface area contributed by atoms with Crippen molar-refractivity contribution in [1.29, 1.82) is 0 Å². The van der Waals surface area contributed by atoms with E-state index in [0.717, 1.165) is 32.6 Å². The van der Waals surface area contributed by atoms with Crippen molar-refractivity contribution >= 4 is 35.7 Å². The number of rotatable bonds is 12. The summed E-state index contributed by atoms with van der Waals surface area (Å²) in [6.07, 6.45) is -14.0. The van der Waals surface area contributed by atoms with Crippen molar-refractivity contribution in [2.45, 2.75) is 95.3 Å². The number of hydrogen-bond donors (Lipinski definition) is 0. The molecule has 3 saturated heterocycles. The highest BCUT2D eigenvalue weighted by Gasteiger charge is 2.61. The first-order valence-electron chi connectivity index (χ1n) is 19.0. The summed E-state index contributed by atoms with van der Waals surface area (Å²) in [5, 5.41) is 0. The first kappa shape index (κ1) is 42.2. The van der Waals surface area contributed by atoms with Crippen LogP contribution in [0.25, 0.3) is 0 Å². The van der Waals surface area contributed by atoms with Crippen LogP contribution in [-0.2, 0) is 61.8 Å². The second-order valence-corrected chi connectivity index (χ2v) is 14.2. The predicted molar refractivity (Wildman–Crippen MR) is 200 cm³/mol. The fraction of sp³-hybridized carbons (Fsp3) is 0.429. The van der Waals surface area contributed by atoms with Crippen molar-refractivity contribution in [3.05, 3.63) is 95.6 Å². The number of carbonyl (C=O) groups excluding carboxylic acids is 6. The molecule has 3 aromatic rings. The molecule has 3 fully saturated rings. The maximum atomic E-state index is 14.4. The third kappa shape index (κ3) is 8.97. The Morgan fingerprint density at radius 3 is 1.83 bits per heavy atom. The van der Waals surface area contributed by atoms with Crippen molar-refractivity contribution in [2.24, 2.45) is 0 Å². The first-order chi connectivity index (χ1) is 28.8. The van der Waals surface area contributed by atoms with Gasteiger partial charge < -0.3 is 52.1 Å². The SMILES string of the molecule is COc1ccc(O[C@@H]2O[C@@H]3COC(c4ccccc4)O[C@H]3[C@H](O[C@@H]3O[C@H](COC(C)=O)[C@H](OC(C)=O)[C@H](OC(C)=O)[C@H]3OC(C)=O)[C@H]2N2C(=O)c3ccccc3C2=O)cc1. The molecule has 2 amide bonds. The molecule has 0 bridgehead atoms. The van der Waals surface area contributed by atoms with Gasteiger partial charge in [0, 0.05) is 33.3 Å². The van der Waals surface area contributed by atoms with Crippen LogP contribution in [0, 0.1) is 0 Å². The fourth-order valence-electron chi connectivity index (χ4n) is 7.58. The molecule has 0 saturated carbocycles. The van der Waals surface area contributed by atoms with E-state index in [2.05, 4.69) is 0 Å². The van der Waals surface area contributed by atoms with Gasteiger partial charge in [0.1, 0.15) is 48.6 Å². The van der Waals surface area contributed by atoms with Crippen LogP contribution in [0.1, 0.15) is 60.3 Å². The van der Waals surface area contributed by atoms with E-state index in [1.807, 2.05) is 6.07 Å². The maximum absolute atomic E-state index is 14.4. The molecule has 0 spiro atoms. The van der Waals surface area contributed by atoms with Crippen molar-refractivity contribution in [3.8, 4) is 11.5 Å². The van der Waals surface area contributed by atoms with Crippen LogP contribution >= 0.6 is 0 Å². The van der Waals surface area contributed by atoms with E-state index < -0.39 is 110 Å². The molecule has 0 aromatic heterocycles. The molecule has 4 heterocycles. The van der Waals surface area contributed by atoms with Crippen LogP contribution in [0.4, 0.5) is 0 Å². The smallest absolute Gasteiger partial charge is 0.303 e. The van der Waals surface area contributed by atoms with Gasteiger partial charge >= 0.3 is 23.9 Å². The zero-order valence-electron chi connectivity index (χ0n) is 33.2. The number of fused-ring (bicyclic) bond motifs is 2. The van der Waals surface area contributed by atoms with Gasteiger partial charge in [0.25, 0.3) is 11.8 Å². The summed E-state index contributed by atoms with van der Waals surface area (Å²) in [5.41, 5.74) is 0.832. The van der Waals surface area contributed by atoms with Gasteiger partial charge in [0.15, 0.2) is 30.9 Å². The minimum Gasteiger partial charge on any atom is -0.497 e. The lowest BCUT2D eigenvalue weighted by Gasteiger charge is -2.52. The summed E-state index contributed by atoms with van der Waals surface area (Å²) in [6, 6.07) is 20.2. The van der Waals surface area contributed by atoms with Gasteiger partial charge in [-0.1, -0.05) is 42.5 Å². The zero-order chi connectivity index (χ0) is 42.7. The Hall–Kier alpha value is -5.92. The van der Waals surface area contributed by atoms with Crippen LogP contribution in [0.5, 0.6) is 11.5 Å². The lowest BCUT2D eigenvalue weighted by Crippen LogP contribution is -2.71. The molecule has 318 valence electrons. The molecular formula is C42H43NO17. The summed E-state index contributed by atoms with van der Waals surface area (Å²) in [5.74, 6) is -3.90. The lowest BCUT2D eigenvalue weighted by atomic mass is 9.93. The van der Waals surface area contributed by atoms with E-state index in [-0.39, 0.29) is 23.5 Å². The fourth-order valence-corrected chi connectivity index (χ4v) is 7.58. The van der Waals surface area contributed by atoms with Gasteiger partial charge in [0.05, 0.1) is 24.8 Å². The molecular weight excluding hydrogens is 790 g/mol. The van der Waals surface area contributed by atoms with E-state index >= 15 is 0 Å². The first-order valence-corrected chi connectivity index (χ1v) is 19.0. The predicted octanol–water partition coefficient (Wildman–Crippen LogP) is 3.05. The minimum absolute atomic E-state index is 0.0973. The van der Waals surface area contributed by atoms with Crippen molar-refractivity contribution in [3.63, 3.8) is 0 Å². The summed E-state index contributed by atoms with van der Waals surface area (Å²) < 4.78 is 66.4. The molecule has 3 aromatic carbocycles. The number of ether oxygens (including phenoxy) is 11. The number of imide groups is 1. The molecule has 0 N–H and O–H groups in total. The number of carbonyl (C=O) groups is 6. The monoisotopic (exact) mass is 833 g/mol. The van der Waals surface area contributed by atoms with Gasteiger partial charge in [0.2, 0.25) is 6.29 Å². The quantitative estimate of drug-likeness (QED) is 0.146. The summed E-state index contributed by atoms with van der Waals surface area (Å²) in [7, 11) is 1.50. The Kier molecular flexibility index (Phi) is 12.8. The van der Waals surface area contributed by atoms with Gasteiger partial charge in [-0.25, -0.2) is 0 Å². The second kappa shape index (κ2) is 18.1. The standard InChI is InChI=1S/C42H43NO17/c1-21(44)51-19-30-34(53-22(2)45)36(54-23(3)46)37(55-24(4)47)42(58-30)60-35-32(43-38(48)28-13-9-10-14-29(28)39(43)49)41(56-27-17-15-26(50-5)16-18-27)57-31-20-52-40(59-33(31)35)25-11-7-6-8-12-25/h6-18,30-37,40-42H,19-20H2,1-5H3/t30-,31-,32-,33-,34+,35-,36+,37-,40?,41-,42+/m1/s1. The molecule has 0 aliphatic carbocycles. The van der Waals surface area contributed by atoms with Crippen LogP contribution in [-0.4, -0.2) is 122 Å². The zero-order valence-corrected chi connectivity index (χ0v) is 33.2. The molecule has 18 heteroatoms. The average Bonchev–Trinajstić information content (AvgIpc) is 3.47.